The van der Waals surface area contributed by atoms with Crippen LogP contribution in [0.15, 0.2) is 23.1 Å². The fourth-order valence-electron chi connectivity index (χ4n) is 3.52. The molecule has 0 saturated carbocycles. The van der Waals surface area contributed by atoms with Crippen molar-refractivity contribution in [3.63, 3.8) is 0 Å². The molecule has 0 aromatic heterocycles. The highest BCUT2D eigenvalue weighted by Gasteiger charge is 2.35. The van der Waals surface area contributed by atoms with Crippen LogP contribution < -0.4 is 10.0 Å². The second kappa shape index (κ2) is 6.11. The highest BCUT2D eigenvalue weighted by atomic mass is 35.5. The number of nitrogens with one attached hydrogen (secondary N) is 2. The number of halogens is 1. The van der Waals surface area contributed by atoms with E-state index in [9.17, 15) is 8.42 Å². The van der Waals surface area contributed by atoms with Gasteiger partial charge in [-0.15, -0.1) is 0 Å². The van der Waals surface area contributed by atoms with Crippen molar-refractivity contribution < 1.29 is 8.42 Å². The zero-order valence-electron chi connectivity index (χ0n) is 13.0. The van der Waals surface area contributed by atoms with Crippen LogP contribution in [0.4, 0.5) is 0 Å². The van der Waals surface area contributed by atoms with Crippen LogP contribution in [0, 0.1) is 0 Å². The standard InChI is InChI=1S/C16H23ClN2O2S/c1-10(2)11-3-6-15(17)16(7-11)22(20,21)19-14-8-12-4-5-13(9-14)18-12/h3,6-7,10,12-14,18-19H,4-5,8-9H2,1-2H3. The summed E-state index contributed by atoms with van der Waals surface area (Å²) in [6.45, 7) is 4.08. The lowest BCUT2D eigenvalue weighted by Gasteiger charge is -2.29. The maximum absolute atomic E-state index is 12.7. The van der Waals surface area contributed by atoms with Crippen LogP contribution in [0.25, 0.3) is 0 Å². The number of benzene rings is 1. The van der Waals surface area contributed by atoms with E-state index in [4.69, 9.17) is 11.6 Å². The quantitative estimate of drug-likeness (QED) is 0.884. The van der Waals surface area contributed by atoms with Crippen LogP contribution in [-0.4, -0.2) is 26.5 Å². The maximum Gasteiger partial charge on any atom is 0.242 e. The van der Waals surface area contributed by atoms with Crippen molar-refractivity contribution >= 4 is 21.6 Å². The van der Waals surface area contributed by atoms with E-state index < -0.39 is 10.0 Å². The lowest BCUT2D eigenvalue weighted by atomic mass is 10.0. The fraction of sp³-hybridized carbons (Fsp3) is 0.625. The molecule has 2 saturated heterocycles. The Labute approximate surface area is 137 Å². The van der Waals surface area contributed by atoms with Gasteiger partial charge in [-0.1, -0.05) is 31.5 Å². The Hall–Kier alpha value is -0.620. The van der Waals surface area contributed by atoms with E-state index in [2.05, 4.69) is 10.0 Å². The summed E-state index contributed by atoms with van der Waals surface area (Å²) in [5.41, 5.74) is 0.982. The van der Waals surface area contributed by atoms with Gasteiger partial charge < -0.3 is 5.32 Å². The maximum atomic E-state index is 12.7. The number of sulfonamides is 1. The third kappa shape index (κ3) is 3.32. The predicted octanol–water partition coefficient (Wildman–Crippen LogP) is 3.02. The molecule has 0 spiro atoms. The van der Waals surface area contributed by atoms with E-state index >= 15 is 0 Å². The van der Waals surface area contributed by atoms with Gasteiger partial charge in [-0.2, -0.15) is 0 Å². The van der Waals surface area contributed by atoms with Crippen molar-refractivity contribution in [2.75, 3.05) is 0 Å². The average molecular weight is 343 g/mol. The molecule has 2 aliphatic rings. The van der Waals surface area contributed by atoms with Gasteiger partial charge in [0.2, 0.25) is 10.0 Å². The summed E-state index contributed by atoms with van der Waals surface area (Å²) in [4.78, 5) is 0.200. The second-order valence-electron chi connectivity index (χ2n) is 6.77. The Kier molecular flexibility index (Phi) is 4.52. The molecule has 1 aromatic carbocycles. The summed E-state index contributed by atoms with van der Waals surface area (Å²) in [6, 6.07) is 6.16. The molecule has 0 amide bonds. The third-order valence-corrected chi connectivity index (χ3v) is 6.71. The summed E-state index contributed by atoms with van der Waals surface area (Å²) < 4.78 is 28.3. The van der Waals surface area contributed by atoms with Crippen LogP contribution in [0.3, 0.4) is 0 Å². The summed E-state index contributed by atoms with van der Waals surface area (Å²) >= 11 is 6.14. The molecule has 2 bridgehead atoms. The van der Waals surface area contributed by atoms with Crippen LogP contribution in [0.1, 0.15) is 51.0 Å². The zero-order valence-corrected chi connectivity index (χ0v) is 14.5. The Morgan fingerprint density at radius 2 is 1.86 bits per heavy atom. The number of hydrogen-bond acceptors (Lipinski definition) is 3. The Bertz CT molecular complexity index is 648. The summed E-state index contributed by atoms with van der Waals surface area (Å²) in [5.74, 6) is 0.265. The number of hydrogen-bond donors (Lipinski definition) is 2. The third-order valence-electron chi connectivity index (χ3n) is 4.71. The lowest BCUT2D eigenvalue weighted by molar-refractivity contribution is 0.345. The van der Waals surface area contributed by atoms with Crippen LogP contribution in [0.2, 0.25) is 5.02 Å². The Morgan fingerprint density at radius 1 is 1.23 bits per heavy atom. The molecular weight excluding hydrogens is 320 g/mol. The largest absolute Gasteiger partial charge is 0.311 e. The number of rotatable bonds is 4. The van der Waals surface area contributed by atoms with Gasteiger partial charge >= 0.3 is 0 Å². The lowest BCUT2D eigenvalue weighted by Crippen LogP contribution is -2.47. The Balaban J connectivity index is 1.82. The van der Waals surface area contributed by atoms with Gasteiger partial charge in [-0.25, -0.2) is 13.1 Å². The van der Waals surface area contributed by atoms with Crippen molar-refractivity contribution in [2.24, 2.45) is 0 Å². The number of fused-ring (bicyclic) bond motifs is 2. The van der Waals surface area contributed by atoms with Gasteiger partial charge in [-0.05, 0) is 49.3 Å². The molecule has 22 heavy (non-hydrogen) atoms. The molecule has 2 unspecified atom stereocenters. The molecule has 122 valence electrons. The summed E-state index contributed by atoms with van der Waals surface area (Å²) in [7, 11) is -3.58. The molecule has 2 N–H and O–H groups in total. The normalized spacial score (nSPS) is 28.3. The fourth-order valence-corrected chi connectivity index (χ4v) is 5.32. The monoisotopic (exact) mass is 342 g/mol. The van der Waals surface area contributed by atoms with E-state index in [1.165, 1.54) is 0 Å². The first kappa shape index (κ1) is 16.2. The molecule has 2 fully saturated rings. The van der Waals surface area contributed by atoms with Crippen molar-refractivity contribution in [3.05, 3.63) is 28.8 Å². The molecule has 2 atom stereocenters. The molecule has 3 rings (SSSR count). The van der Waals surface area contributed by atoms with Gasteiger partial charge in [0, 0.05) is 18.1 Å². The number of piperidine rings is 1. The van der Waals surface area contributed by atoms with Crippen molar-refractivity contribution in [2.45, 2.75) is 68.5 Å². The molecule has 0 radical (unpaired) electrons. The van der Waals surface area contributed by atoms with Crippen molar-refractivity contribution in [1.82, 2.24) is 10.0 Å². The first-order chi connectivity index (χ1) is 10.3. The topological polar surface area (TPSA) is 58.2 Å². The highest BCUT2D eigenvalue weighted by molar-refractivity contribution is 7.89. The van der Waals surface area contributed by atoms with Gasteiger partial charge in [0.05, 0.1) is 5.02 Å². The SMILES string of the molecule is CC(C)c1ccc(Cl)c(S(=O)(=O)NC2CC3CCC(C2)N3)c1. The van der Waals surface area contributed by atoms with Gasteiger partial charge in [0.1, 0.15) is 4.90 Å². The van der Waals surface area contributed by atoms with Crippen LogP contribution in [-0.2, 0) is 10.0 Å². The van der Waals surface area contributed by atoms with Gasteiger partial charge in [0.25, 0.3) is 0 Å². The van der Waals surface area contributed by atoms with Crippen molar-refractivity contribution in [1.29, 1.82) is 0 Å². The average Bonchev–Trinajstić information content (AvgIpc) is 2.77. The smallest absolute Gasteiger partial charge is 0.242 e. The van der Waals surface area contributed by atoms with E-state index in [0.717, 1.165) is 31.2 Å². The molecular formula is C16H23ClN2O2S. The molecule has 6 heteroatoms. The highest BCUT2D eigenvalue weighted by Crippen LogP contribution is 2.30. The van der Waals surface area contributed by atoms with Crippen LogP contribution in [0.5, 0.6) is 0 Å². The first-order valence-corrected chi connectivity index (χ1v) is 9.79. The molecule has 2 aliphatic heterocycles. The summed E-state index contributed by atoms with van der Waals surface area (Å²) in [5, 5.41) is 3.81. The van der Waals surface area contributed by atoms with Crippen LogP contribution >= 0.6 is 11.6 Å². The second-order valence-corrected chi connectivity index (χ2v) is 8.86. The van der Waals surface area contributed by atoms with Gasteiger partial charge in [0.15, 0.2) is 0 Å². The predicted molar refractivity (Wildman–Crippen MR) is 88.8 cm³/mol. The van der Waals surface area contributed by atoms with E-state index in [1.54, 1.807) is 12.1 Å². The minimum atomic E-state index is -3.58. The molecule has 4 nitrogen and oxygen atoms in total. The minimum Gasteiger partial charge on any atom is -0.311 e. The zero-order chi connectivity index (χ0) is 15.9. The molecule has 0 aliphatic carbocycles. The summed E-state index contributed by atoms with van der Waals surface area (Å²) in [6.07, 6.45) is 4.01. The van der Waals surface area contributed by atoms with Gasteiger partial charge in [-0.3, -0.25) is 0 Å². The first-order valence-electron chi connectivity index (χ1n) is 7.93. The molecule has 2 heterocycles. The molecule has 1 aromatic rings. The Morgan fingerprint density at radius 3 is 2.45 bits per heavy atom. The minimum absolute atomic E-state index is 0.00234. The van der Waals surface area contributed by atoms with E-state index in [-0.39, 0.29) is 21.9 Å². The van der Waals surface area contributed by atoms with Crippen molar-refractivity contribution in [3.8, 4) is 0 Å². The van der Waals surface area contributed by atoms with E-state index in [1.807, 2.05) is 19.9 Å². The van der Waals surface area contributed by atoms with E-state index in [0.29, 0.717) is 12.1 Å².